The Bertz CT molecular complexity index is 576. The smallest absolute Gasteiger partial charge is 0.176 e. The minimum atomic E-state index is -0.351. The van der Waals surface area contributed by atoms with E-state index < -0.39 is 0 Å². The van der Waals surface area contributed by atoms with Crippen LogP contribution < -0.4 is 10.1 Å². The Balaban J connectivity index is 2.13. The van der Waals surface area contributed by atoms with Crippen molar-refractivity contribution in [3.05, 3.63) is 30.0 Å². The van der Waals surface area contributed by atoms with Crippen molar-refractivity contribution in [3.8, 4) is 5.75 Å². The molecular formula is C17H25NO3. The average Bonchev–Trinajstić information content (AvgIpc) is 2.89. The van der Waals surface area contributed by atoms with E-state index in [1.165, 1.54) is 0 Å². The molecule has 1 heterocycles. The second kappa shape index (κ2) is 6.96. The van der Waals surface area contributed by atoms with Crippen LogP contribution in [0.15, 0.2) is 28.7 Å². The maximum atomic E-state index is 9.86. The number of para-hydroxylation sites is 1. The first-order valence-corrected chi connectivity index (χ1v) is 7.59. The van der Waals surface area contributed by atoms with E-state index >= 15 is 0 Å². The molecule has 0 fully saturated rings. The first-order chi connectivity index (χ1) is 10.0. The van der Waals surface area contributed by atoms with Gasteiger partial charge in [0.1, 0.15) is 5.76 Å². The molecule has 0 amide bonds. The van der Waals surface area contributed by atoms with Crippen molar-refractivity contribution in [3.63, 3.8) is 0 Å². The Morgan fingerprint density at radius 1 is 1.29 bits per heavy atom. The van der Waals surface area contributed by atoms with Gasteiger partial charge in [-0.05, 0) is 31.9 Å². The molecule has 0 saturated carbocycles. The van der Waals surface area contributed by atoms with Crippen LogP contribution in [0.3, 0.4) is 0 Å². The van der Waals surface area contributed by atoms with E-state index in [9.17, 15) is 5.11 Å². The Kier molecular flexibility index (Phi) is 5.26. The maximum absolute atomic E-state index is 9.86. The fourth-order valence-corrected chi connectivity index (χ4v) is 2.17. The maximum Gasteiger partial charge on any atom is 0.176 e. The van der Waals surface area contributed by atoms with E-state index in [0.717, 1.165) is 22.5 Å². The van der Waals surface area contributed by atoms with Gasteiger partial charge in [0.05, 0.1) is 18.8 Å². The average molecular weight is 291 g/mol. The summed E-state index contributed by atoms with van der Waals surface area (Å²) >= 11 is 0. The van der Waals surface area contributed by atoms with Crippen molar-refractivity contribution in [1.29, 1.82) is 0 Å². The number of ether oxygens (including phenoxy) is 1. The number of aliphatic hydroxyl groups is 1. The van der Waals surface area contributed by atoms with Crippen LogP contribution in [0.1, 0.15) is 39.5 Å². The molecule has 0 saturated heterocycles. The fraction of sp³-hybridized carbons (Fsp3) is 0.529. The Morgan fingerprint density at radius 3 is 2.71 bits per heavy atom. The first kappa shape index (κ1) is 15.9. The molecule has 1 aromatic heterocycles. The molecule has 0 aliphatic carbocycles. The standard InChI is InChI=1S/C17H25NO3/c1-5-20-15-8-6-7-13-9-16(21-17(13)15)12(4)18-10-14(19)11(2)3/h6-9,11-12,14,18-19H,5,10H2,1-4H3. The lowest BCUT2D eigenvalue weighted by Crippen LogP contribution is -2.32. The highest BCUT2D eigenvalue weighted by Crippen LogP contribution is 2.31. The number of fused-ring (bicyclic) bond motifs is 1. The third-order valence-electron chi connectivity index (χ3n) is 3.66. The zero-order valence-corrected chi connectivity index (χ0v) is 13.2. The van der Waals surface area contributed by atoms with Crippen LogP contribution in [-0.4, -0.2) is 24.4 Å². The molecule has 0 aliphatic heterocycles. The minimum Gasteiger partial charge on any atom is -0.490 e. The first-order valence-electron chi connectivity index (χ1n) is 7.59. The molecule has 2 aromatic rings. The predicted molar refractivity (Wildman–Crippen MR) is 84.6 cm³/mol. The molecule has 2 rings (SSSR count). The van der Waals surface area contributed by atoms with Crippen LogP contribution in [0.5, 0.6) is 5.75 Å². The van der Waals surface area contributed by atoms with Crippen molar-refractivity contribution in [2.24, 2.45) is 5.92 Å². The second-order valence-corrected chi connectivity index (χ2v) is 5.70. The van der Waals surface area contributed by atoms with E-state index in [-0.39, 0.29) is 18.1 Å². The van der Waals surface area contributed by atoms with E-state index in [2.05, 4.69) is 5.32 Å². The number of hydrogen-bond donors (Lipinski definition) is 2. The molecule has 116 valence electrons. The van der Waals surface area contributed by atoms with Crippen molar-refractivity contribution in [2.45, 2.75) is 39.8 Å². The monoisotopic (exact) mass is 291 g/mol. The fourth-order valence-electron chi connectivity index (χ4n) is 2.17. The molecule has 4 nitrogen and oxygen atoms in total. The molecular weight excluding hydrogens is 266 g/mol. The third kappa shape index (κ3) is 3.77. The van der Waals surface area contributed by atoms with Crippen molar-refractivity contribution < 1.29 is 14.3 Å². The zero-order valence-electron chi connectivity index (χ0n) is 13.2. The van der Waals surface area contributed by atoms with E-state index in [1.54, 1.807) is 0 Å². The van der Waals surface area contributed by atoms with Crippen LogP contribution in [0.25, 0.3) is 11.0 Å². The molecule has 1 aromatic carbocycles. The van der Waals surface area contributed by atoms with E-state index in [4.69, 9.17) is 9.15 Å². The summed E-state index contributed by atoms with van der Waals surface area (Å²) in [6, 6.07) is 7.96. The summed E-state index contributed by atoms with van der Waals surface area (Å²) in [6.45, 7) is 9.17. The molecule has 21 heavy (non-hydrogen) atoms. The van der Waals surface area contributed by atoms with Gasteiger partial charge in [-0.25, -0.2) is 0 Å². The lowest BCUT2D eigenvalue weighted by molar-refractivity contribution is 0.120. The van der Waals surface area contributed by atoms with Gasteiger partial charge in [-0.3, -0.25) is 0 Å². The van der Waals surface area contributed by atoms with Crippen molar-refractivity contribution in [1.82, 2.24) is 5.32 Å². The number of aliphatic hydroxyl groups excluding tert-OH is 1. The van der Waals surface area contributed by atoms with Gasteiger partial charge in [0, 0.05) is 11.9 Å². The Hall–Kier alpha value is -1.52. The van der Waals surface area contributed by atoms with Gasteiger partial charge in [-0.1, -0.05) is 26.0 Å². The SMILES string of the molecule is CCOc1cccc2cc(C(C)NCC(O)C(C)C)oc12. The second-order valence-electron chi connectivity index (χ2n) is 5.70. The van der Waals surface area contributed by atoms with Crippen LogP contribution in [0.2, 0.25) is 0 Å². The zero-order chi connectivity index (χ0) is 15.4. The van der Waals surface area contributed by atoms with Gasteiger partial charge in [0.15, 0.2) is 11.3 Å². The summed E-state index contributed by atoms with van der Waals surface area (Å²) in [6.07, 6.45) is -0.351. The van der Waals surface area contributed by atoms with Gasteiger partial charge in [0.2, 0.25) is 0 Å². The van der Waals surface area contributed by atoms with Crippen LogP contribution >= 0.6 is 0 Å². The molecule has 4 heteroatoms. The van der Waals surface area contributed by atoms with Gasteiger partial charge in [-0.15, -0.1) is 0 Å². The highest BCUT2D eigenvalue weighted by Gasteiger charge is 2.16. The number of furan rings is 1. The summed E-state index contributed by atoms with van der Waals surface area (Å²) in [5.74, 6) is 1.87. The number of benzene rings is 1. The topological polar surface area (TPSA) is 54.6 Å². The quantitative estimate of drug-likeness (QED) is 0.820. The normalized spacial score (nSPS) is 14.6. The van der Waals surface area contributed by atoms with Crippen LogP contribution in [0, 0.1) is 5.92 Å². The Morgan fingerprint density at radius 2 is 2.05 bits per heavy atom. The molecule has 0 spiro atoms. The third-order valence-corrected chi connectivity index (χ3v) is 3.66. The minimum absolute atomic E-state index is 0.0419. The number of nitrogens with one attached hydrogen (secondary N) is 1. The van der Waals surface area contributed by atoms with Gasteiger partial charge < -0.3 is 19.6 Å². The molecule has 0 bridgehead atoms. The molecule has 2 N–H and O–H groups in total. The van der Waals surface area contributed by atoms with Gasteiger partial charge in [0.25, 0.3) is 0 Å². The summed E-state index contributed by atoms with van der Waals surface area (Å²) in [5, 5.41) is 14.2. The number of hydrogen-bond acceptors (Lipinski definition) is 4. The molecule has 2 atom stereocenters. The summed E-state index contributed by atoms with van der Waals surface area (Å²) in [7, 11) is 0. The highest BCUT2D eigenvalue weighted by atomic mass is 16.5. The van der Waals surface area contributed by atoms with E-state index in [1.807, 2.05) is 52.0 Å². The highest BCUT2D eigenvalue weighted by molar-refractivity contribution is 5.83. The molecule has 2 unspecified atom stereocenters. The lowest BCUT2D eigenvalue weighted by Gasteiger charge is -2.18. The summed E-state index contributed by atoms with van der Waals surface area (Å²) in [5.41, 5.74) is 0.785. The predicted octanol–water partition coefficient (Wildman–Crippen LogP) is 3.50. The van der Waals surface area contributed by atoms with Crippen LogP contribution in [0.4, 0.5) is 0 Å². The van der Waals surface area contributed by atoms with Crippen molar-refractivity contribution in [2.75, 3.05) is 13.2 Å². The summed E-state index contributed by atoms with van der Waals surface area (Å²) in [4.78, 5) is 0. The Labute approximate surface area is 126 Å². The van der Waals surface area contributed by atoms with Gasteiger partial charge >= 0.3 is 0 Å². The number of rotatable bonds is 7. The van der Waals surface area contributed by atoms with E-state index in [0.29, 0.717) is 13.2 Å². The van der Waals surface area contributed by atoms with Gasteiger partial charge in [-0.2, -0.15) is 0 Å². The lowest BCUT2D eigenvalue weighted by atomic mass is 10.1. The van der Waals surface area contributed by atoms with Crippen molar-refractivity contribution >= 4 is 11.0 Å². The largest absolute Gasteiger partial charge is 0.490 e. The molecule has 0 aliphatic rings. The van der Waals surface area contributed by atoms with Crippen LogP contribution in [-0.2, 0) is 0 Å². The molecule has 0 radical (unpaired) electrons. The summed E-state index contributed by atoms with van der Waals surface area (Å²) < 4.78 is 11.5.